The monoisotopic (exact) mass is 325 g/mol. The standard InChI is InChI=1S/C18H15NO5/c20-18-13-7-17-16(23-10-24-17)6-12(13)8-19(18)4-3-11-1-2-14-15(5-11)22-9-21-14/h1-2,5-7H,3-4,8-10H2. The van der Waals surface area contributed by atoms with E-state index in [0.29, 0.717) is 24.4 Å². The third-order valence-electron chi connectivity index (χ3n) is 4.58. The summed E-state index contributed by atoms with van der Waals surface area (Å²) in [5.41, 5.74) is 2.83. The zero-order chi connectivity index (χ0) is 16.1. The fraction of sp³-hybridized carbons (Fsp3) is 0.278. The molecule has 0 spiro atoms. The van der Waals surface area contributed by atoms with E-state index in [1.807, 2.05) is 29.2 Å². The molecule has 6 heteroatoms. The van der Waals surface area contributed by atoms with Gasteiger partial charge in [-0.25, -0.2) is 0 Å². The van der Waals surface area contributed by atoms with Crippen LogP contribution in [0, 0.1) is 0 Å². The van der Waals surface area contributed by atoms with Crippen molar-refractivity contribution in [1.29, 1.82) is 0 Å². The van der Waals surface area contributed by atoms with E-state index in [9.17, 15) is 4.79 Å². The van der Waals surface area contributed by atoms with E-state index in [2.05, 4.69) is 0 Å². The second-order valence-corrected chi connectivity index (χ2v) is 6.03. The predicted molar refractivity (Wildman–Crippen MR) is 83.6 cm³/mol. The highest BCUT2D eigenvalue weighted by Crippen LogP contribution is 2.38. The average molecular weight is 325 g/mol. The molecule has 122 valence electrons. The predicted octanol–water partition coefficient (Wildman–Crippen LogP) is 2.34. The van der Waals surface area contributed by atoms with Crippen LogP contribution in [0.25, 0.3) is 0 Å². The summed E-state index contributed by atoms with van der Waals surface area (Å²) in [5.74, 6) is 2.97. The Morgan fingerprint density at radius 1 is 0.875 bits per heavy atom. The van der Waals surface area contributed by atoms with Gasteiger partial charge in [0.25, 0.3) is 5.91 Å². The third-order valence-corrected chi connectivity index (χ3v) is 4.58. The summed E-state index contributed by atoms with van der Waals surface area (Å²) in [6.07, 6.45) is 0.767. The van der Waals surface area contributed by atoms with Crippen LogP contribution in [-0.4, -0.2) is 30.9 Å². The molecular formula is C18H15NO5. The Morgan fingerprint density at radius 3 is 2.42 bits per heavy atom. The maximum Gasteiger partial charge on any atom is 0.254 e. The number of hydrogen-bond donors (Lipinski definition) is 0. The summed E-state index contributed by atoms with van der Waals surface area (Å²) < 4.78 is 21.5. The van der Waals surface area contributed by atoms with Gasteiger partial charge in [-0.05, 0) is 41.8 Å². The van der Waals surface area contributed by atoms with Crippen molar-refractivity contribution in [2.45, 2.75) is 13.0 Å². The van der Waals surface area contributed by atoms with Crippen molar-refractivity contribution in [2.24, 2.45) is 0 Å². The van der Waals surface area contributed by atoms with Crippen LogP contribution in [0.1, 0.15) is 21.5 Å². The quantitative estimate of drug-likeness (QED) is 0.867. The van der Waals surface area contributed by atoms with Crippen LogP contribution in [0.2, 0.25) is 0 Å². The zero-order valence-corrected chi connectivity index (χ0v) is 12.9. The van der Waals surface area contributed by atoms with Gasteiger partial charge in [0.2, 0.25) is 13.6 Å². The van der Waals surface area contributed by atoms with Crippen molar-refractivity contribution >= 4 is 5.91 Å². The lowest BCUT2D eigenvalue weighted by Crippen LogP contribution is -2.26. The van der Waals surface area contributed by atoms with Crippen molar-refractivity contribution in [3.63, 3.8) is 0 Å². The van der Waals surface area contributed by atoms with Crippen molar-refractivity contribution in [1.82, 2.24) is 4.90 Å². The van der Waals surface area contributed by atoms with Crippen molar-refractivity contribution < 1.29 is 23.7 Å². The number of ether oxygens (including phenoxy) is 4. The number of fused-ring (bicyclic) bond motifs is 3. The van der Waals surface area contributed by atoms with Gasteiger partial charge in [0.1, 0.15) is 0 Å². The Hall–Kier alpha value is -2.89. The molecule has 5 rings (SSSR count). The van der Waals surface area contributed by atoms with E-state index in [1.54, 1.807) is 6.07 Å². The topological polar surface area (TPSA) is 57.2 Å². The van der Waals surface area contributed by atoms with Crippen LogP contribution in [0.3, 0.4) is 0 Å². The summed E-state index contributed by atoms with van der Waals surface area (Å²) in [6, 6.07) is 9.61. The SMILES string of the molecule is O=C1c2cc3c(cc2CN1CCc1ccc2c(c1)OCO2)OCO3. The molecule has 0 saturated heterocycles. The Morgan fingerprint density at radius 2 is 1.58 bits per heavy atom. The first kappa shape index (κ1) is 13.5. The second-order valence-electron chi connectivity index (χ2n) is 6.03. The fourth-order valence-electron chi connectivity index (χ4n) is 3.30. The number of carbonyl (C=O) groups is 1. The molecule has 0 N–H and O–H groups in total. The van der Waals surface area contributed by atoms with Crippen LogP contribution in [-0.2, 0) is 13.0 Å². The number of rotatable bonds is 3. The molecule has 3 aliphatic rings. The summed E-state index contributed by atoms with van der Waals surface area (Å²) in [4.78, 5) is 14.4. The van der Waals surface area contributed by atoms with E-state index in [0.717, 1.165) is 34.8 Å². The van der Waals surface area contributed by atoms with Crippen molar-refractivity contribution in [2.75, 3.05) is 20.1 Å². The molecule has 0 aliphatic carbocycles. The number of nitrogens with zero attached hydrogens (tertiary/aromatic N) is 1. The van der Waals surface area contributed by atoms with Gasteiger partial charge in [0.15, 0.2) is 23.0 Å². The van der Waals surface area contributed by atoms with Crippen molar-refractivity contribution in [3.05, 3.63) is 47.0 Å². The maximum atomic E-state index is 12.6. The molecule has 2 aromatic carbocycles. The van der Waals surface area contributed by atoms with Crippen LogP contribution < -0.4 is 18.9 Å². The molecule has 6 nitrogen and oxygen atoms in total. The van der Waals surface area contributed by atoms with E-state index in [4.69, 9.17) is 18.9 Å². The summed E-state index contributed by atoms with van der Waals surface area (Å²) in [5, 5.41) is 0. The summed E-state index contributed by atoms with van der Waals surface area (Å²) in [7, 11) is 0. The third kappa shape index (κ3) is 2.06. The van der Waals surface area contributed by atoms with Gasteiger partial charge < -0.3 is 23.8 Å². The van der Waals surface area contributed by atoms with Gasteiger partial charge >= 0.3 is 0 Å². The molecule has 0 bridgehead atoms. The highest BCUT2D eigenvalue weighted by molar-refractivity contribution is 5.99. The number of hydrogen-bond acceptors (Lipinski definition) is 5. The van der Waals surface area contributed by atoms with Crippen LogP contribution in [0.15, 0.2) is 30.3 Å². The van der Waals surface area contributed by atoms with Crippen LogP contribution >= 0.6 is 0 Å². The van der Waals surface area contributed by atoms with E-state index in [1.165, 1.54) is 0 Å². The van der Waals surface area contributed by atoms with Gasteiger partial charge in [-0.15, -0.1) is 0 Å². The van der Waals surface area contributed by atoms with Crippen LogP contribution in [0.5, 0.6) is 23.0 Å². The fourth-order valence-corrected chi connectivity index (χ4v) is 3.30. The zero-order valence-electron chi connectivity index (χ0n) is 12.9. The minimum absolute atomic E-state index is 0.0454. The van der Waals surface area contributed by atoms with Gasteiger partial charge in [0, 0.05) is 18.7 Å². The molecule has 3 heterocycles. The van der Waals surface area contributed by atoms with Gasteiger partial charge in [-0.1, -0.05) is 6.07 Å². The molecule has 1 amide bonds. The molecule has 0 fully saturated rings. The second kappa shape index (κ2) is 5.06. The van der Waals surface area contributed by atoms with Gasteiger partial charge in [-0.2, -0.15) is 0 Å². The highest BCUT2D eigenvalue weighted by atomic mass is 16.7. The lowest BCUT2D eigenvalue weighted by molar-refractivity contribution is 0.0779. The Labute approximate surface area is 138 Å². The van der Waals surface area contributed by atoms with E-state index in [-0.39, 0.29) is 19.5 Å². The lowest BCUT2D eigenvalue weighted by atomic mass is 10.1. The normalized spacial score (nSPS) is 16.7. The Kier molecular flexibility index (Phi) is 2.85. The summed E-state index contributed by atoms with van der Waals surface area (Å²) in [6.45, 7) is 1.75. The Balaban J connectivity index is 1.31. The van der Waals surface area contributed by atoms with E-state index >= 15 is 0 Å². The van der Waals surface area contributed by atoms with Crippen molar-refractivity contribution in [3.8, 4) is 23.0 Å². The average Bonchev–Trinajstić information content (AvgIpc) is 3.30. The highest BCUT2D eigenvalue weighted by Gasteiger charge is 2.30. The first-order chi connectivity index (χ1) is 11.8. The number of benzene rings is 2. The minimum Gasteiger partial charge on any atom is -0.454 e. The Bertz CT molecular complexity index is 848. The molecule has 24 heavy (non-hydrogen) atoms. The van der Waals surface area contributed by atoms with Gasteiger partial charge in [0.05, 0.1) is 0 Å². The maximum absolute atomic E-state index is 12.6. The molecule has 0 unspecified atom stereocenters. The molecule has 0 atom stereocenters. The van der Waals surface area contributed by atoms with E-state index < -0.39 is 0 Å². The largest absolute Gasteiger partial charge is 0.454 e. The molecule has 0 saturated carbocycles. The molecule has 0 radical (unpaired) electrons. The molecule has 2 aromatic rings. The first-order valence-corrected chi connectivity index (χ1v) is 7.88. The molecule has 3 aliphatic heterocycles. The minimum atomic E-state index is 0.0454. The summed E-state index contributed by atoms with van der Waals surface area (Å²) >= 11 is 0. The lowest BCUT2D eigenvalue weighted by Gasteiger charge is -2.15. The molecular weight excluding hydrogens is 310 g/mol. The number of carbonyl (C=O) groups excluding carboxylic acids is 1. The smallest absolute Gasteiger partial charge is 0.254 e. The first-order valence-electron chi connectivity index (χ1n) is 7.88. The molecule has 0 aromatic heterocycles. The number of amides is 1. The van der Waals surface area contributed by atoms with Crippen LogP contribution in [0.4, 0.5) is 0 Å². The van der Waals surface area contributed by atoms with Gasteiger partial charge in [-0.3, -0.25) is 4.79 Å².